The average molecular weight is 236 g/mol. The van der Waals surface area contributed by atoms with Crippen LogP contribution in [0.25, 0.3) is 0 Å². The van der Waals surface area contributed by atoms with Crippen molar-refractivity contribution in [3.05, 3.63) is 26.4 Å². The van der Waals surface area contributed by atoms with Crippen molar-refractivity contribution in [2.75, 3.05) is 18.0 Å². The number of rotatable bonds is 3. The minimum atomic E-state index is -0.544. The van der Waals surface area contributed by atoms with Crippen LogP contribution in [0.3, 0.4) is 0 Å². The molecule has 1 rings (SSSR count). The van der Waals surface area contributed by atoms with E-state index in [2.05, 4.69) is 0 Å². The van der Waals surface area contributed by atoms with Crippen LogP contribution in [0.1, 0.15) is 19.4 Å². The maximum absolute atomic E-state index is 11.8. The fourth-order valence-electron chi connectivity index (χ4n) is 1.82. The third-order valence-electron chi connectivity index (χ3n) is 2.81. The molecule has 0 N–H and O–H groups in total. The number of hydrogen-bond donors (Lipinski definition) is 0. The third-order valence-corrected chi connectivity index (χ3v) is 2.81. The molecule has 0 aliphatic carbocycles. The number of nitriles is 1. The van der Waals surface area contributed by atoms with Crippen LogP contribution in [0.2, 0.25) is 0 Å². The third kappa shape index (κ3) is 1.96. The first-order valence-corrected chi connectivity index (χ1v) is 5.44. The first-order valence-electron chi connectivity index (χ1n) is 5.44. The Morgan fingerprint density at radius 1 is 1.18 bits per heavy atom. The largest absolute Gasteiger partial charge is 0.357 e. The van der Waals surface area contributed by atoms with Crippen LogP contribution >= 0.6 is 0 Å². The van der Waals surface area contributed by atoms with Gasteiger partial charge >= 0.3 is 5.69 Å². The Kier molecular flexibility index (Phi) is 3.73. The molecule has 17 heavy (non-hydrogen) atoms. The highest BCUT2D eigenvalue weighted by atomic mass is 16.2. The summed E-state index contributed by atoms with van der Waals surface area (Å²) in [5.41, 5.74) is -0.952. The highest BCUT2D eigenvalue weighted by Gasteiger charge is 2.18. The monoisotopic (exact) mass is 236 g/mol. The Balaban J connectivity index is 3.77. The van der Waals surface area contributed by atoms with Gasteiger partial charge in [-0.1, -0.05) is 0 Å². The topological polar surface area (TPSA) is 71.0 Å². The van der Waals surface area contributed by atoms with Gasteiger partial charge in [0.2, 0.25) is 0 Å². The van der Waals surface area contributed by atoms with E-state index in [0.717, 1.165) is 4.57 Å². The van der Waals surface area contributed by atoms with E-state index >= 15 is 0 Å². The van der Waals surface area contributed by atoms with Crippen molar-refractivity contribution in [1.82, 2.24) is 9.13 Å². The molecule has 0 radical (unpaired) electrons. The van der Waals surface area contributed by atoms with Crippen LogP contribution in [0, 0.1) is 11.3 Å². The molecule has 6 heteroatoms. The molecule has 0 unspecified atom stereocenters. The van der Waals surface area contributed by atoms with Crippen LogP contribution in [0.15, 0.2) is 9.59 Å². The van der Waals surface area contributed by atoms with Crippen LogP contribution < -0.4 is 16.1 Å². The molecule has 0 atom stereocenters. The molecule has 1 aromatic rings. The molecule has 0 amide bonds. The van der Waals surface area contributed by atoms with E-state index in [1.807, 2.05) is 24.8 Å². The first-order chi connectivity index (χ1) is 7.99. The molecule has 0 saturated heterocycles. The lowest BCUT2D eigenvalue weighted by atomic mass is 10.3. The van der Waals surface area contributed by atoms with Gasteiger partial charge in [0.15, 0.2) is 5.56 Å². The summed E-state index contributed by atoms with van der Waals surface area (Å²) >= 11 is 0. The minimum absolute atomic E-state index is 0.0123. The molecule has 0 saturated carbocycles. The van der Waals surface area contributed by atoms with Gasteiger partial charge in [0.05, 0.1) is 0 Å². The summed E-state index contributed by atoms with van der Waals surface area (Å²) in [6, 6.07) is 1.89. The lowest BCUT2D eigenvalue weighted by Gasteiger charge is -2.24. The Morgan fingerprint density at radius 2 is 1.71 bits per heavy atom. The van der Waals surface area contributed by atoms with Crippen molar-refractivity contribution in [3.8, 4) is 6.07 Å². The Morgan fingerprint density at radius 3 is 2.12 bits per heavy atom. The molecule has 0 aliphatic heterocycles. The van der Waals surface area contributed by atoms with Gasteiger partial charge in [0.25, 0.3) is 5.56 Å². The number of anilines is 1. The molecule has 1 heterocycles. The second-order valence-electron chi connectivity index (χ2n) is 3.69. The van der Waals surface area contributed by atoms with Gasteiger partial charge in [-0.25, -0.2) is 4.79 Å². The summed E-state index contributed by atoms with van der Waals surface area (Å²) < 4.78 is 2.29. The first kappa shape index (κ1) is 13.0. The van der Waals surface area contributed by atoms with E-state index in [1.165, 1.54) is 11.6 Å². The summed E-state index contributed by atoms with van der Waals surface area (Å²) in [5, 5.41) is 9.07. The maximum atomic E-state index is 11.8. The van der Waals surface area contributed by atoms with Crippen molar-refractivity contribution in [2.45, 2.75) is 13.8 Å². The summed E-state index contributed by atoms with van der Waals surface area (Å²) in [5.74, 6) is 0.394. The lowest BCUT2D eigenvalue weighted by molar-refractivity contribution is 0.661. The summed E-state index contributed by atoms with van der Waals surface area (Å²) in [4.78, 5) is 25.5. The molecular formula is C11H16N4O2. The predicted octanol–water partition coefficient (Wildman–Crippen LogP) is -0.198. The molecule has 92 valence electrons. The highest BCUT2D eigenvalue weighted by Crippen LogP contribution is 2.13. The highest BCUT2D eigenvalue weighted by molar-refractivity contribution is 5.53. The minimum Gasteiger partial charge on any atom is -0.357 e. The molecule has 0 fully saturated rings. The van der Waals surface area contributed by atoms with E-state index in [1.54, 1.807) is 7.05 Å². The number of hydrogen-bond acceptors (Lipinski definition) is 4. The quantitative estimate of drug-likeness (QED) is 0.728. The zero-order valence-electron chi connectivity index (χ0n) is 10.5. The standard InChI is InChI=1S/C11H16N4O2/c1-5-15(6-2)9-8(7-12)10(16)14(4)11(17)13(9)3/h5-6H2,1-4H3. The Hall–Kier alpha value is -2.03. The molecule has 1 aromatic heterocycles. The lowest BCUT2D eigenvalue weighted by Crippen LogP contribution is -2.42. The van der Waals surface area contributed by atoms with Crippen molar-refractivity contribution in [1.29, 1.82) is 5.26 Å². The smallest absolute Gasteiger partial charge is 0.332 e. The second-order valence-corrected chi connectivity index (χ2v) is 3.69. The molecule has 0 bridgehead atoms. The summed E-state index contributed by atoms with van der Waals surface area (Å²) in [7, 11) is 2.94. The van der Waals surface area contributed by atoms with Crippen LogP contribution in [0.5, 0.6) is 0 Å². The predicted molar refractivity (Wildman–Crippen MR) is 65.2 cm³/mol. The summed E-state index contributed by atoms with van der Waals surface area (Å²) in [6.45, 7) is 5.08. The zero-order chi connectivity index (χ0) is 13.2. The van der Waals surface area contributed by atoms with Crippen molar-refractivity contribution in [2.24, 2.45) is 14.1 Å². The maximum Gasteiger partial charge on any atom is 0.332 e. The van der Waals surface area contributed by atoms with Crippen molar-refractivity contribution in [3.63, 3.8) is 0 Å². The van der Waals surface area contributed by atoms with E-state index in [0.29, 0.717) is 18.9 Å². The van der Waals surface area contributed by atoms with E-state index in [4.69, 9.17) is 5.26 Å². The Bertz CT molecular complexity index is 573. The molecule has 6 nitrogen and oxygen atoms in total. The second kappa shape index (κ2) is 4.87. The fraction of sp³-hybridized carbons (Fsp3) is 0.545. The molecule has 0 aromatic carbocycles. The normalized spacial score (nSPS) is 10.1. The van der Waals surface area contributed by atoms with Crippen LogP contribution in [0.4, 0.5) is 5.82 Å². The van der Waals surface area contributed by atoms with Crippen LogP contribution in [-0.2, 0) is 14.1 Å². The van der Waals surface area contributed by atoms with Gasteiger partial charge in [-0.3, -0.25) is 13.9 Å². The zero-order valence-corrected chi connectivity index (χ0v) is 10.5. The van der Waals surface area contributed by atoms with Gasteiger partial charge in [-0.05, 0) is 13.8 Å². The molecular weight excluding hydrogens is 220 g/mol. The van der Waals surface area contributed by atoms with Crippen molar-refractivity contribution >= 4 is 5.82 Å². The SMILES string of the molecule is CCN(CC)c1c(C#N)c(=O)n(C)c(=O)n1C. The van der Waals surface area contributed by atoms with E-state index in [9.17, 15) is 9.59 Å². The number of nitrogens with zero attached hydrogens (tertiary/aromatic N) is 4. The van der Waals surface area contributed by atoms with Crippen LogP contribution in [-0.4, -0.2) is 22.2 Å². The van der Waals surface area contributed by atoms with Crippen molar-refractivity contribution < 1.29 is 0 Å². The molecule has 0 aliphatic rings. The summed E-state index contributed by atoms with van der Waals surface area (Å²) in [6.07, 6.45) is 0. The Labute approximate surface area is 99.3 Å². The average Bonchev–Trinajstić information content (AvgIpc) is 2.34. The van der Waals surface area contributed by atoms with E-state index < -0.39 is 11.2 Å². The molecule has 0 spiro atoms. The number of aromatic nitrogens is 2. The van der Waals surface area contributed by atoms with Gasteiger partial charge in [-0.15, -0.1) is 0 Å². The van der Waals surface area contributed by atoms with Gasteiger partial charge in [0, 0.05) is 27.2 Å². The van der Waals surface area contributed by atoms with E-state index in [-0.39, 0.29) is 5.56 Å². The van der Waals surface area contributed by atoms with Gasteiger partial charge in [-0.2, -0.15) is 5.26 Å². The van der Waals surface area contributed by atoms with Gasteiger partial charge < -0.3 is 4.90 Å². The van der Waals surface area contributed by atoms with Gasteiger partial charge in [0.1, 0.15) is 11.9 Å². The fourth-order valence-corrected chi connectivity index (χ4v) is 1.82.